The second kappa shape index (κ2) is 7.62. The number of hydrogen-bond donors (Lipinski definition) is 3. The van der Waals surface area contributed by atoms with Crippen molar-refractivity contribution in [3.63, 3.8) is 0 Å². The zero-order valence-corrected chi connectivity index (χ0v) is 17.9. The monoisotopic (exact) mass is 500 g/mol. The zero-order valence-electron chi connectivity index (χ0n) is 15.5. The molecule has 11 heteroatoms. The van der Waals surface area contributed by atoms with Crippen molar-refractivity contribution >= 4 is 44.7 Å². The summed E-state index contributed by atoms with van der Waals surface area (Å²) in [4.78, 5) is 13.5. The van der Waals surface area contributed by atoms with E-state index < -0.39 is 24.2 Å². The van der Waals surface area contributed by atoms with Crippen molar-refractivity contribution in [2.24, 2.45) is 0 Å². The number of aromatic nitrogens is 2. The number of aromatic hydroxyl groups is 1. The molecule has 4 rings (SSSR count). The Morgan fingerprint density at radius 3 is 2.83 bits per heavy atom. The fourth-order valence-corrected chi connectivity index (χ4v) is 4.69. The quantitative estimate of drug-likeness (QED) is 0.407. The van der Waals surface area contributed by atoms with Crippen molar-refractivity contribution < 1.29 is 23.1 Å². The molecule has 1 aromatic carbocycles. The summed E-state index contributed by atoms with van der Waals surface area (Å²) < 4.78 is 42.3. The van der Waals surface area contributed by atoms with E-state index in [-0.39, 0.29) is 33.8 Å². The number of alkyl halides is 3. The van der Waals surface area contributed by atoms with Crippen LogP contribution in [-0.2, 0) is 0 Å². The van der Waals surface area contributed by atoms with Gasteiger partial charge in [0.2, 0.25) is 0 Å². The predicted molar refractivity (Wildman–Crippen MR) is 111 cm³/mol. The van der Waals surface area contributed by atoms with Gasteiger partial charge in [-0.1, -0.05) is 12.1 Å². The number of rotatable bonds is 3. The van der Waals surface area contributed by atoms with Gasteiger partial charge in [-0.25, -0.2) is 4.68 Å². The minimum atomic E-state index is -4.54. The van der Waals surface area contributed by atoms with E-state index in [2.05, 4.69) is 31.7 Å². The molecule has 1 aliphatic rings. The van der Waals surface area contributed by atoms with E-state index in [0.717, 1.165) is 15.1 Å². The highest BCUT2D eigenvalue weighted by atomic mass is 79.9. The molecule has 2 atom stereocenters. The maximum Gasteiger partial charge on any atom is 0.410 e. The molecule has 30 heavy (non-hydrogen) atoms. The fourth-order valence-electron chi connectivity index (χ4n) is 3.34. The molecule has 0 fully saturated rings. The van der Waals surface area contributed by atoms with E-state index in [1.54, 1.807) is 36.6 Å². The first-order chi connectivity index (χ1) is 14.1. The Bertz CT molecular complexity index is 1100. The summed E-state index contributed by atoms with van der Waals surface area (Å²) in [5, 5.41) is 21.3. The molecule has 1 amide bonds. The summed E-state index contributed by atoms with van der Waals surface area (Å²) in [6.45, 7) is 1.78. The Labute approximate surface area is 181 Å². The Hall–Kier alpha value is -2.53. The number of phenolic OH excluding ortho intramolecular Hbond substituents is 1. The number of phenols is 1. The standard InChI is InChI=1S/C19H16BrF3N4O2S/c1-9-4-5-12(28)10(7-9)25-18(29)16-15(20)17-24-11(13-3-2-6-30-13)8-14(19(21,22)23)27(17)26-16/h2-7,11,14,24,28H,8H2,1H3,(H,25,29)/t11-,14+/m0/s1. The first-order valence-corrected chi connectivity index (χ1v) is 10.6. The maximum atomic E-state index is 13.8. The molecule has 0 saturated carbocycles. The Morgan fingerprint density at radius 2 is 2.17 bits per heavy atom. The highest BCUT2D eigenvalue weighted by Crippen LogP contribution is 2.47. The number of halogens is 4. The van der Waals surface area contributed by atoms with Gasteiger partial charge in [0.25, 0.3) is 5.91 Å². The topological polar surface area (TPSA) is 79.2 Å². The molecule has 0 unspecified atom stereocenters. The SMILES string of the molecule is Cc1ccc(O)c(NC(=O)c2nn3c(c2Br)N[C@H](c2cccs2)C[C@@H]3C(F)(F)F)c1. The number of thiophene rings is 1. The Morgan fingerprint density at radius 1 is 1.40 bits per heavy atom. The number of nitrogens with zero attached hydrogens (tertiary/aromatic N) is 2. The largest absolute Gasteiger partial charge is 0.506 e. The average molecular weight is 501 g/mol. The summed E-state index contributed by atoms with van der Waals surface area (Å²) in [5.74, 6) is -0.807. The molecule has 158 valence electrons. The van der Waals surface area contributed by atoms with E-state index in [0.29, 0.717) is 0 Å². The lowest BCUT2D eigenvalue weighted by Crippen LogP contribution is -2.35. The lowest BCUT2D eigenvalue weighted by Gasteiger charge is -2.33. The number of benzene rings is 1. The van der Waals surface area contributed by atoms with Crippen LogP contribution < -0.4 is 10.6 Å². The van der Waals surface area contributed by atoms with E-state index >= 15 is 0 Å². The van der Waals surface area contributed by atoms with Crippen LogP contribution in [0.5, 0.6) is 5.75 Å². The summed E-state index contributed by atoms with van der Waals surface area (Å²) >= 11 is 4.59. The minimum Gasteiger partial charge on any atom is -0.506 e. The maximum absolute atomic E-state index is 13.8. The molecule has 0 saturated heterocycles. The van der Waals surface area contributed by atoms with Crippen molar-refractivity contribution in [1.82, 2.24) is 9.78 Å². The molecule has 3 heterocycles. The van der Waals surface area contributed by atoms with Crippen LogP contribution >= 0.6 is 27.3 Å². The summed E-state index contributed by atoms with van der Waals surface area (Å²) in [5.41, 5.74) is 0.734. The van der Waals surface area contributed by atoms with Crippen molar-refractivity contribution in [2.45, 2.75) is 31.6 Å². The Kier molecular flexibility index (Phi) is 5.27. The highest BCUT2D eigenvalue weighted by Gasteiger charge is 2.48. The molecule has 6 nitrogen and oxygen atoms in total. The van der Waals surface area contributed by atoms with E-state index in [9.17, 15) is 23.1 Å². The van der Waals surface area contributed by atoms with Crippen LogP contribution in [0.25, 0.3) is 0 Å². The second-order valence-electron chi connectivity index (χ2n) is 6.94. The van der Waals surface area contributed by atoms with Gasteiger partial charge in [-0.3, -0.25) is 4.79 Å². The number of carbonyl (C=O) groups is 1. The van der Waals surface area contributed by atoms with Gasteiger partial charge in [0.1, 0.15) is 11.6 Å². The van der Waals surface area contributed by atoms with Gasteiger partial charge in [0, 0.05) is 11.3 Å². The van der Waals surface area contributed by atoms with Crippen LogP contribution in [0.1, 0.15) is 39.4 Å². The van der Waals surface area contributed by atoms with Crippen LogP contribution in [0.4, 0.5) is 24.7 Å². The van der Waals surface area contributed by atoms with E-state index in [1.807, 2.05) is 0 Å². The van der Waals surface area contributed by atoms with Crippen LogP contribution in [0.3, 0.4) is 0 Å². The van der Waals surface area contributed by atoms with Gasteiger partial charge in [-0.05, 0) is 52.0 Å². The molecular weight excluding hydrogens is 485 g/mol. The molecule has 1 aliphatic heterocycles. The number of aryl methyl sites for hydroxylation is 1. The molecule has 0 radical (unpaired) electrons. The van der Waals surface area contributed by atoms with Crippen LogP contribution in [-0.4, -0.2) is 27.0 Å². The number of amides is 1. The highest BCUT2D eigenvalue weighted by molar-refractivity contribution is 9.10. The summed E-state index contributed by atoms with van der Waals surface area (Å²) in [7, 11) is 0. The molecule has 0 spiro atoms. The van der Waals surface area contributed by atoms with Crippen molar-refractivity contribution in [2.75, 3.05) is 10.6 Å². The minimum absolute atomic E-state index is 0.0839. The molecule has 0 bridgehead atoms. The van der Waals surface area contributed by atoms with Crippen molar-refractivity contribution in [3.05, 3.63) is 56.3 Å². The third-order valence-electron chi connectivity index (χ3n) is 4.80. The molecule has 3 N–H and O–H groups in total. The van der Waals surface area contributed by atoms with Gasteiger partial charge in [-0.2, -0.15) is 18.3 Å². The number of nitrogens with one attached hydrogen (secondary N) is 2. The summed E-state index contributed by atoms with van der Waals surface area (Å²) in [6.07, 6.45) is -4.79. The smallest absolute Gasteiger partial charge is 0.410 e. The van der Waals surface area contributed by atoms with Gasteiger partial charge in [0.05, 0.1) is 16.2 Å². The van der Waals surface area contributed by atoms with Gasteiger partial charge in [-0.15, -0.1) is 11.3 Å². The van der Waals surface area contributed by atoms with Gasteiger partial charge >= 0.3 is 6.18 Å². The molecule has 2 aromatic heterocycles. The van der Waals surface area contributed by atoms with Gasteiger partial charge in [0.15, 0.2) is 11.7 Å². The molecule has 3 aromatic rings. The normalized spacial score (nSPS) is 18.6. The lowest BCUT2D eigenvalue weighted by atomic mass is 10.0. The zero-order chi connectivity index (χ0) is 21.6. The third kappa shape index (κ3) is 3.79. The second-order valence-corrected chi connectivity index (χ2v) is 8.71. The van der Waals surface area contributed by atoms with E-state index in [1.165, 1.54) is 17.4 Å². The first-order valence-electron chi connectivity index (χ1n) is 8.90. The average Bonchev–Trinajstić information content (AvgIpc) is 3.32. The number of fused-ring (bicyclic) bond motifs is 1. The van der Waals surface area contributed by atoms with E-state index in [4.69, 9.17) is 0 Å². The molecular formula is C19H16BrF3N4O2S. The Balaban J connectivity index is 1.71. The summed E-state index contributed by atoms with van der Waals surface area (Å²) in [6, 6.07) is 5.74. The molecule has 0 aliphatic carbocycles. The number of carbonyl (C=O) groups excluding carboxylic acids is 1. The van der Waals surface area contributed by atoms with Crippen molar-refractivity contribution in [1.29, 1.82) is 0 Å². The van der Waals surface area contributed by atoms with Crippen molar-refractivity contribution in [3.8, 4) is 5.75 Å². The van der Waals surface area contributed by atoms with Crippen LogP contribution in [0, 0.1) is 6.92 Å². The number of hydrogen-bond acceptors (Lipinski definition) is 5. The van der Waals surface area contributed by atoms with Gasteiger partial charge < -0.3 is 15.7 Å². The van der Waals surface area contributed by atoms with Crippen LogP contribution in [0.2, 0.25) is 0 Å². The van der Waals surface area contributed by atoms with Crippen LogP contribution in [0.15, 0.2) is 40.2 Å². The first kappa shape index (κ1) is 20.7. The lowest BCUT2D eigenvalue weighted by molar-refractivity contribution is -0.173. The number of anilines is 2. The predicted octanol–water partition coefficient (Wildman–Crippen LogP) is 5.63. The third-order valence-corrected chi connectivity index (χ3v) is 6.53. The fraction of sp³-hybridized carbons (Fsp3) is 0.263.